The molecule has 1 aliphatic rings. The zero-order valence-corrected chi connectivity index (χ0v) is 16.9. The van der Waals surface area contributed by atoms with Crippen LogP contribution in [0.3, 0.4) is 0 Å². The molecule has 3 aromatic heterocycles. The summed E-state index contributed by atoms with van der Waals surface area (Å²) in [6.07, 6.45) is 7.14. The van der Waals surface area contributed by atoms with Crippen molar-refractivity contribution in [1.82, 2.24) is 4.57 Å². The predicted octanol–water partition coefficient (Wildman–Crippen LogP) is 5.36. The monoisotopic (exact) mass is 403 g/mol. The molecule has 0 aliphatic carbocycles. The number of benzene rings is 1. The van der Waals surface area contributed by atoms with Crippen LogP contribution in [0.4, 0.5) is 0 Å². The Morgan fingerprint density at radius 1 is 1.17 bits per heavy atom. The number of hydrogen-bond donors (Lipinski definition) is 1. The second-order valence-electron chi connectivity index (χ2n) is 8.86. The van der Waals surface area contributed by atoms with Gasteiger partial charge in [0.2, 0.25) is 0 Å². The first kappa shape index (κ1) is 18.5. The minimum absolute atomic E-state index is 0.0171. The van der Waals surface area contributed by atoms with Gasteiger partial charge in [0.1, 0.15) is 11.1 Å². The van der Waals surface area contributed by atoms with E-state index in [1.54, 1.807) is 18.8 Å². The Morgan fingerprint density at radius 2 is 1.97 bits per heavy atom. The van der Waals surface area contributed by atoms with Crippen LogP contribution in [-0.2, 0) is 6.42 Å². The first-order valence-corrected chi connectivity index (χ1v) is 9.81. The van der Waals surface area contributed by atoms with Gasteiger partial charge in [-0.1, -0.05) is 20.8 Å². The molecule has 4 heterocycles. The minimum atomic E-state index is -1.21. The van der Waals surface area contributed by atoms with Gasteiger partial charge in [-0.25, -0.2) is 4.79 Å². The Bertz CT molecular complexity index is 1350. The van der Waals surface area contributed by atoms with Crippen molar-refractivity contribution in [3.05, 3.63) is 70.6 Å². The van der Waals surface area contributed by atoms with Gasteiger partial charge in [-0.05, 0) is 35.6 Å². The third kappa shape index (κ3) is 2.64. The number of nitrogens with zero attached hydrogens (tertiary/aromatic N) is 1. The van der Waals surface area contributed by atoms with E-state index in [2.05, 4.69) is 20.8 Å². The SMILES string of the molecule is CC(C)(C)[C@@H]1Cc2c(cc(-c3ccoc3)c3occc23)-c2cc(=O)c(C(=O)O)cn21. The molecule has 0 saturated heterocycles. The molecule has 1 atom stereocenters. The average Bonchev–Trinajstić information content (AvgIpc) is 3.37. The molecule has 0 saturated carbocycles. The van der Waals surface area contributed by atoms with Crippen LogP contribution in [0.5, 0.6) is 0 Å². The van der Waals surface area contributed by atoms with Crippen molar-refractivity contribution in [2.24, 2.45) is 5.41 Å². The van der Waals surface area contributed by atoms with Gasteiger partial charge in [0.25, 0.3) is 0 Å². The number of rotatable bonds is 2. The van der Waals surface area contributed by atoms with Gasteiger partial charge >= 0.3 is 5.97 Å². The van der Waals surface area contributed by atoms with Gasteiger partial charge in [-0.15, -0.1) is 0 Å². The Balaban J connectivity index is 1.88. The number of furan rings is 2. The molecule has 6 heteroatoms. The van der Waals surface area contributed by atoms with Crippen molar-refractivity contribution in [2.45, 2.75) is 33.2 Å². The standard InChI is InChI=1S/C24H21NO5/c1-24(2,3)21-9-16-14-5-7-30-22(14)15(13-4-6-29-12-13)8-17(16)19-10-20(26)18(23(27)28)11-25(19)21/h4-8,10-12,21H,9H2,1-3H3,(H,27,28)/t21-/m0/s1. The number of fused-ring (bicyclic) bond motifs is 5. The van der Waals surface area contributed by atoms with Gasteiger partial charge in [0, 0.05) is 40.4 Å². The molecule has 152 valence electrons. The fourth-order valence-electron chi connectivity index (χ4n) is 4.48. The lowest BCUT2D eigenvalue weighted by Crippen LogP contribution is -2.32. The van der Waals surface area contributed by atoms with E-state index in [0.717, 1.165) is 38.9 Å². The average molecular weight is 403 g/mol. The minimum Gasteiger partial charge on any atom is -0.477 e. The van der Waals surface area contributed by atoms with Crippen LogP contribution < -0.4 is 5.43 Å². The summed E-state index contributed by atoms with van der Waals surface area (Å²) >= 11 is 0. The summed E-state index contributed by atoms with van der Waals surface area (Å²) < 4.78 is 13.1. The quantitative estimate of drug-likeness (QED) is 0.487. The summed E-state index contributed by atoms with van der Waals surface area (Å²) in [5.74, 6) is -1.21. The van der Waals surface area contributed by atoms with Crippen LogP contribution in [0.15, 0.2) is 62.9 Å². The Hall–Kier alpha value is -3.54. The number of hydrogen-bond acceptors (Lipinski definition) is 4. The van der Waals surface area contributed by atoms with Gasteiger partial charge in [-0.2, -0.15) is 0 Å². The lowest BCUT2D eigenvalue weighted by Gasteiger charge is -2.39. The van der Waals surface area contributed by atoms with Crippen LogP contribution in [-0.4, -0.2) is 15.6 Å². The van der Waals surface area contributed by atoms with Gasteiger partial charge < -0.3 is 18.5 Å². The number of carboxylic acids is 1. The Kier molecular flexibility index (Phi) is 3.84. The number of aromatic nitrogens is 1. The topological polar surface area (TPSA) is 85.6 Å². The van der Waals surface area contributed by atoms with Crippen molar-refractivity contribution in [3.63, 3.8) is 0 Å². The Labute approximate surface area is 172 Å². The maximum atomic E-state index is 12.6. The second kappa shape index (κ2) is 6.23. The molecule has 0 spiro atoms. The van der Waals surface area contributed by atoms with Gasteiger partial charge in [0.05, 0.1) is 24.5 Å². The molecule has 0 bridgehead atoms. The predicted molar refractivity (Wildman–Crippen MR) is 113 cm³/mol. The highest BCUT2D eigenvalue weighted by atomic mass is 16.4. The molecule has 1 N–H and O–H groups in total. The van der Waals surface area contributed by atoms with Crippen LogP contribution in [0.2, 0.25) is 0 Å². The second-order valence-corrected chi connectivity index (χ2v) is 8.86. The van der Waals surface area contributed by atoms with Crippen molar-refractivity contribution < 1.29 is 18.7 Å². The third-order valence-corrected chi connectivity index (χ3v) is 6.00. The summed E-state index contributed by atoms with van der Waals surface area (Å²) in [5, 5.41) is 10.5. The molecular weight excluding hydrogens is 382 g/mol. The molecule has 0 unspecified atom stereocenters. The number of carboxylic acid groups (broad SMARTS) is 1. The summed E-state index contributed by atoms with van der Waals surface area (Å²) in [6, 6.07) is 7.26. The fourth-order valence-corrected chi connectivity index (χ4v) is 4.48. The highest BCUT2D eigenvalue weighted by Gasteiger charge is 2.35. The maximum absolute atomic E-state index is 12.6. The summed E-state index contributed by atoms with van der Waals surface area (Å²) in [7, 11) is 0. The molecule has 0 fully saturated rings. The van der Waals surface area contributed by atoms with Crippen LogP contribution >= 0.6 is 0 Å². The molecule has 1 aromatic carbocycles. The molecule has 5 rings (SSSR count). The highest BCUT2D eigenvalue weighted by molar-refractivity contribution is 5.99. The van der Waals surface area contributed by atoms with Crippen molar-refractivity contribution >= 4 is 16.9 Å². The Morgan fingerprint density at radius 3 is 2.63 bits per heavy atom. The largest absolute Gasteiger partial charge is 0.477 e. The smallest absolute Gasteiger partial charge is 0.341 e. The van der Waals surface area contributed by atoms with E-state index in [0.29, 0.717) is 6.42 Å². The van der Waals surface area contributed by atoms with Crippen molar-refractivity contribution in [1.29, 1.82) is 0 Å². The molecule has 0 amide bonds. The van der Waals surface area contributed by atoms with E-state index in [1.165, 1.54) is 12.3 Å². The number of pyridine rings is 1. The van der Waals surface area contributed by atoms with E-state index < -0.39 is 11.4 Å². The highest BCUT2D eigenvalue weighted by Crippen LogP contribution is 2.47. The van der Waals surface area contributed by atoms with E-state index in [-0.39, 0.29) is 17.0 Å². The van der Waals surface area contributed by atoms with Gasteiger partial charge in [0.15, 0.2) is 5.43 Å². The molecule has 1 aliphatic heterocycles. The maximum Gasteiger partial charge on any atom is 0.341 e. The lowest BCUT2D eigenvalue weighted by molar-refractivity contribution is 0.0693. The zero-order valence-electron chi connectivity index (χ0n) is 16.9. The van der Waals surface area contributed by atoms with E-state index in [9.17, 15) is 14.7 Å². The number of aromatic carboxylic acids is 1. The summed E-state index contributed by atoms with van der Waals surface area (Å²) in [5.41, 5.74) is 4.41. The van der Waals surface area contributed by atoms with E-state index in [1.807, 2.05) is 22.8 Å². The third-order valence-electron chi connectivity index (χ3n) is 6.00. The molecule has 30 heavy (non-hydrogen) atoms. The van der Waals surface area contributed by atoms with E-state index >= 15 is 0 Å². The van der Waals surface area contributed by atoms with Crippen molar-refractivity contribution in [2.75, 3.05) is 0 Å². The number of carbonyl (C=O) groups is 1. The van der Waals surface area contributed by atoms with Crippen LogP contribution in [0.1, 0.15) is 42.7 Å². The van der Waals surface area contributed by atoms with Crippen molar-refractivity contribution in [3.8, 4) is 22.4 Å². The first-order valence-electron chi connectivity index (χ1n) is 9.81. The zero-order chi connectivity index (χ0) is 21.2. The van der Waals surface area contributed by atoms with Gasteiger partial charge in [-0.3, -0.25) is 4.79 Å². The first-order chi connectivity index (χ1) is 14.3. The molecule has 4 aromatic rings. The van der Waals surface area contributed by atoms with Crippen LogP contribution in [0.25, 0.3) is 33.4 Å². The summed E-state index contributed by atoms with van der Waals surface area (Å²) in [6.45, 7) is 6.37. The molecule has 6 nitrogen and oxygen atoms in total. The van der Waals surface area contributed by atoms with E-state index in [4.69, 9.17) is 8.83 Å². The molecule has 0 radical (unpaired) electrons. The fraction of sp³-hybridized carbons (Fsp3) is 0.250. The summed E-state index contributed by atoms with van der Waals surface area (Å²) in [4.78, 5) is 24.2. The van der Waals surface area contributed by atoms with Crippen LogP contribution in [0, 0.1) is 5.41 Å². The normalized spacial score (nSPS) is 15.8. The lowest BCUT2D eigenvalue weighted by atomic mass is 9.77. The molecular formula is C24H21NO5.